The molecule has 0 aliphatic carbocycles. The van der Waals surface area contributed by atoms with E-state index < -0.39 is 17.6 Å². The first kappa shape index (κ1) is 14.3. The summed E-state index contributed by atoms with van der Waals surface area (Å²) in [7, 11) is 0. The van der Waals surface area contributed by atoms with Gasteiger partial charge in [0.2, 0.25) is 0 Å². The van der Waals surface area contributed by atoms with Crippen molar-refractivity contribution >= 4 is 0 Å². The molecule has 0 radical (unpaired) electrons. The van der Waals surface area contributed by atoms with Crippen LogP contribution in [0.15, 0.2) is 42.5 Å². The number of hydrogen-bond donors (Lipinski definition) is 1. The van der Waals surface area contributed by atoms with Gasteiger partial charge in [-0.15, -0.1) is 0 Å². The van der Waals surface area contributed by atoms with Gasteiger partial charge in [-0.3, -0.25) is 0 Å². The summed E-state index contributed by atoms with van der Waals surface area (Å²) in [6.07, 6.45) is -4.54. The molecular formula is C14H11F4NO. The molecule has 6 heteroatoms. The first-order chi connectivity index (χ1) is 9.40. The van der Waals surface area contributed by atoms with Gasteiger partial charge in [-0.2, -0.15) is 13.2 Å². The number of halogens is 4. The standard InChI is InChI=1S/C14H11F4NO/c15-10-5-9(8-19)6-11(7-10)20-13-4-2-1-3-12(13)14(16,17)18/h1-7H,8,19H2. The van der Waals surface area contributed by atoms with E-state index in [9.17, 15) is 17.6 Å². The molecule has 0 spiro atoms. The zero-order chi connectivity index (χ0) is 14.8. The van der Waals surface area contributed by atoms with E-state index in [1.165, 1.54) is 30.3 Å². The lowest BCUT2D eigenvalue weighted by molar-refractivity contribution is -0.138. The van der Waals surface area contributed by atoms with Gasteiger partial charge in [-0.25, -0.2) is 4.39 Å². The minimum absolute atomic E-state index is 0.0258. The molecule has 2 aromatic carbocycles. The van der Waals surface area contributed by atoms with E-state index in [1.807, 2.05) is 0 Å². The van der Waals surface area contributed by atoms with Crippen molar-refractivity contribution in [3.63, 3.8) is 0 Å². The van der Waals surface area contributed by atoms with Gasteiger partial charge in [-0.05, 0) is 29.8 Å². The SMILES string of the molecule is NCc1cc(F)cc(Oc2ccccc2C(F)(F)F)c1. The lowest BCUT2D eigenvalue weighted by atomic mass is 10.2. The molecule has 0 aromatic heterocycles. The number of benzene rings is 2. The van der Waals surface area contributed by atoms with E-state index in [1.54, 1.807) is 0 Å². The largest absolute Gasteiger partial charge is 0.457 e. The summed E-state index contributed by atoms with van der Waals surface area (Å²) in [5, 5.41) is 0. The Morgan fingerprint density at radius 3 is 2.40 bits per heavy atom. The number of hydrogen-bond acceptors (Lipinski definition) is 2. The van der Waals surface area contributed by atoms with Crippen LogP contribution in [0.3, 0.4) is 0 Å². The van der Waals surface area contributed by atoms with Crippen molar-refractivity contribution in [1.82, 2.24) is 0 Å². The highest BCUT2D eigenvalue weighted by Crippen LogP contribution is 2.38. The van der Waals surface area contributed by atoms with Crippen molar-refractivity contribution in [2.45, 2.75) is 12.7 Å². The van der Waals surface area contributed by atoms with Gasteiger partial charge < -0.3 is 10.5 Å². The molecule has 0 aliphatic heterocycles. The minimum atomic E-state index is -4.54. The molecular weight excluding hydrogens is 274 g/mol. The van der Waals surface area contributed by atoms with Crippen LogP contribution in [0.2, 0.25) is 0 Å². The van der Waals surface area contributed by atoms with E-state index in [0.29, 0.717) is 5.56 Å². The van der Waals surface area contributed by atoms with Crippen molar-refractivity contribution in [3.05, 3.63) is 59.4 Å². The molecule has 0 fully saturated rings. The molecule has 0 unspecified atom stereocenters. The van der Waals surface area contributed by atoms with Gasteiger partial charge in [0.15, 0.2) is 0 Å². The first-order valence-corrected chi connectivity index (χ1v) is 5.74. The molecule has 0 saturated carbocycles. The summed E-state index contributed by atoms with van der Waals surface area (Å²) in [5.74, 6) is -1.02. The molecule has 0 heterocycles. The first-order valence-electron chi connectivity index (χ1n) is 5.74. The highest BCUT2D eigenvalue weighted by atomic mass is 19.4. The van der Waals surface area contributed by atoms with Crippen LogP contribution in [0.4, 0.5) is 17.6 Å². The fourth-order valence-corrected chi connectivity index (χ4v) is 1.71. The Kier molecular flexibility index (Phi) is 3.94. The van der Waals surface area contributed by atoms with Crippen LogP contribution in [-0.2, 0) is 12.7 Å². The van der Waals surface area contributed by atoms with Crippen LogP contribution in [0.1, 0.15) is 11.1 Å². The van der Waals surface area contributed by atoms with E-state index in [2.05, 4.69) is 0 Å². The molecule has 0 bridgehead atoms. The average molecular weight is 285 g/mol. The number of alkyl halides is 3. The molecule has 0 atom stereocenters. The molecule has 106 valence electrons. The second kappa shape index (κ2) is 5.50. The third-order valence-electron chi connectivity index (χ3n) is 2.59. The minimum Gasteiger partial charge on any atom is -0.457 e. The van der Waals surface area contributed by atoms with Gasteiger partial charge in [0.05, 0.1) is 5.56 Å². The third kappa shape index (κ3) is 3.27. The molecule has 2 N–H and O–H groups in total. The van der Waals surface area contributed by atoms with Gasteiger partial charge in [0.1, 0.15) is 17.3 Å². The zero-order valence-electron chi connectivity index (χ0n) is 10.2. The lowest BCUT2D eigenvalue weighted by Gasteiger charge is -2.14. The summed E-state index contributed by atoms with van der Waals surface area (Å²) in [6.45, 7) is 0.0645. The molecule has 0 amide bonds. The van der Waals surface area contributed by atoms with Gasteiger partial charge >= 0.3 is 6.18 Å². The van der Waals surface area contributed by atoms with Crippen LogP contribution in [0, 0.1) is 5.82 Å². The maximum absolute atomic E-state index is 13.3. The van der Waals surface area contributed by atoms with Crippen molar-refractivity contribution in [2.24, 2.45) is 5.73 Å². The summed E-state index contributed by atoms with van der Waals surface area (Å²) in [6, 6.07) is 8.35. The van der Waals surface area contributed by atoms with E-state index in [-0.39, 0.29) is 18.0 Å². The van der Waals surface area contributed by atoms with E-state index in [0.717, 1.165) is 12.1 Å². The number of nitrogens with two attached hydrogens (primary N) is 1. The zero-order valence-corrected chi connectivity index (χ0v) is 10.2. The maximum Gasteiger partial charge on any atom is 0.419 e. The molecule has 2 nitrogen and oxygen atoms in total. The van der Waals surface area contributed by atoms with Crippen molar-refractivity contribution in [3.8, 4) is 11.5 Å². The lowest BCUT2D eigenvalue weighted by Crippen LogP contribution is -2.07. The van der Waals surface area contributed by atoms with Crippen LogP contribution >= 0.6 is 0 Å². The Hall–Kier alpha value is -2.08. The van der Waals surface area contributed by atoms with Gasteiger partial charge in [0, 0.05) is 12.6 Å². The monoisotopic (exact) mass is 285 g/mol. The Bertz CT molecular complexity index is 610. The number of para-hydroxylation sites is 1. The van der Waals surface area contributed by atoms with Crippen molar-refractivity contribution in [1.29, 1.82) is 0 Å². The fourth-order valence-electron chi connectivity index (χ4n) is 1.71. The third-order valence-corrected chi connectivity index (χ3v) is 2.59. The van der Waals surface area contributed by atoms with Crippen LogP contribution in [0.5, 0.6) is 11.5 Å². The summed E-state index contributed by atoms with van der Waals surface area (Å²) in [4.78, 5) is 0. The number of ether oxygens (including phenoxy) is 1. The molecule has 20 heavy (non-hydrogen) atoms. The summed E-state index contributed by atoms with van der Waals surface area (Å²) < 4.78 is 56.8. The van der Waals surface area contributed by atoms with E-state index >= 15 is 0 Å². The number of rotatable bonds is 3. The van der Waals surface area contributed by atoms with Crippen LogP contribution in [0.25, 0.3) is 0 Å². The Labute approximate surface area is 112 Å². The van der Waals surface area contributed by atoms with Crippen molar-refractivity contribution in [2.75, 3.05) is 0 Å². The summed E-state index contributed by atoms with van der Waals surface area (Å²) >= 11 is 0. The Morgan fingerprint density at radius 2 is 1.75 bits per heavy atom. The van der Waals surface area contributed by atoms with E-state index in [4.69, 9.17) is 10.5 Å². The maximum atomic E-state index is 13.3. The molecule has 2 aromatic rings. The van der Waals surface area contributed by atoms with Gasteiger partial charge in [-0.1, -0.05) is 12.1 Å². The fraction of sp³-hybridized carbons (Fsp3) is 0.143. The predicted molar refractivity (Wildman–Crippen MR) is 65.8 cm³/mol. The second-order valence-corrected chi connectivity index (χ2v) is 4.10. The summed E-state index contributed by atoms with van der Waals surface area (Å²) in [5.41, 5.74) is 4.89. The Morgan fingerprint density at radius 1 is 1.05 bits per heavy atom. The molecule has 0 saturated heterocycles. The van der Waals surface area contributed by atoms with Crippen LogP contribution < -0.4 is 10.5 Å². The quantitative estimate of drug-likeness (QED) is 0.862. The Balaban J connectivity index is 2.38. The van der Waals surface area contributed by atoms with Crippen LogP contribution in [-0.4, -0.2) is 0 Å². The second-order valence-electron chi connectivity index (χ2n) is 4.10. The highest BCUT2D eigenvalue weighted by molar-refractivity contribution is 5.40. The highest BCUT2D eigenvalue weighted by Gasteiger charge is 2.34. The topological polar surface area (TPSA) is 35.2 Å². The van der Waals surface area contributed by atoms with Gasteiger partial charge in [0.25, 0.3) is 0 Å². The normalized spacial score (nSPS) is 11.4. The average Bonchev–Trinajstić information content (AvgIpc) is 2.37. The molecule has 2 rings (SSSR count). The molecule has 0 aliphatic rings. The van der Waals surface area contributed by atoms with Crippen molar-refractivity contribution < 1.29 is 22.3 Å². The predicted octanol–water partition coefficient (Wildman–Crippen LogP) is 4.10. The smallest absolute Gasteiger partial charge is 0.419 e.